The number of aromatic nitrogens is 2. The molecule has 0 radical (unpaired) electrons. The Morgan fingerprint density at radius 2 is 1.96 bits per heavy atom. The lowest BCUT2D eigenvalue weighted by atomic mass is 10.1. The molecule has 1 heterocycles. The number of carbonyl (C=O) groups is 1. The molecule has 5 nitrogen and oxygen atoms in total. The van der Waals surface area contributed by atoms with E-state index in [0.717, 1.165) is 0 Å². The van der Waals surface area contributed by atoms with E-state index in [1.165, 1.54) is 10.9 Å². The van der Waals surface area contributed by atoms with Crippen LogP contribution in [0.2, 0.25) is 10.0 Å². The molecule has 0 aliphatic heterocycles. The average molecular weight is 376 g/mol. The predicted octanol–water partition coefficient (Wildman–Crippen LogP) is 4.29. The zero-order chi connectivity index (χ0) is 18.0. The normalized spacial score (nSPS) is 12.1. The van der Waals surface area contributed by atoms with Crippen LogP contribution in [0.5, 0.6) is 0 Å². The molecule has 0 spiro atoms. The molecule has 0 bridgehead atoms. The second-order valence-electron chi connectivity index (χ2n) is 5.52. The third kappa shape index (κ3) is 3.52. The molecule has 0 aliphatic rings. The van der Waals surface area contributed by atoms with E-state index < -0.39 is 6.04 Å². The van der Waals surface area contributed by atoms with E-state index >= 15 is 0 Å². The average Bonchev–Trinajstić information content (AvgIpc) is 2.61. The Bertz CT molecular complexity index is 1000. The van der Waals surface area contributed by atoms with Gasteiger partial charge >= 0.3 is 0 Å². The molecule has 7 heteroatoms. The summed E-state index contributed by atoms with van der Waals surface area (Å²) in [6.45, 7) is 1.83. The van der Waals surface area contributed by atoms with Crippen LogP contribution < -0.4 is 10.9 Å². The number of benzene rings is 2. The van der Waals surface area contributed by atoms with E-state index in [1.54, 1.807) is 36.4 Å². The Balaban J connectivity index is 1.94. The van der Waals surface area contributed by atoms with Crippen LogP contribution >= 0.6 is 23.2 Å². The molecule has 128 valence electrons. The number of hydrogen-bond acceptors (Lipinski definition) is 3. The molecule has 1 aromatic heterocycles. The van der Waals surface area contributed by atoms with Gasteiger partial charge in [0, 0.05) is 5.69 Å². The van der Waals surface area contributed by atoms with Gasteiger partial charge in [-0.25, -0.2) is 4.98 Å². The number of nitrogens with zero attached hydrogens (tertiary/aromatic N) is 2. The Morgan fingerprint density at radius 3 is 2.68 bits per heavy atom. The van der Waals surface area contributed by atoms with Crippen molar-refractivity contribution in [3.63, 3.8) is 0 Å². The molecular formula is C18H15Cl2N3O2. The maximum Gasteiger partial charge on any atom is 0.261 e. The molecule has 1 N–H and O–H groups in total. The third-order valence-corrected chi connectivity index (χ3v) is 4.64. The van der Waals surface area contributed by atoms with E-state index in [-0.39, 0.29) is 11.5 Å². The van der Waals surface area contributed by atoms with Crippen molar-refractivity contribution in [3.8, 4) is 0 Å². The van der Waals surface area contributed by atoms with Crippen molar-refractivity contribution in [2.45, 2.75) is 19.4 Å². The molecule has 0 saturated carbocycles. The molecule has 3 rings (SSSR count). The second kappa shape index (κ2) is 7.25. The van der Waals surface area contributed by atoms with Crippen LogP contribution in [-0.4, -0.2) is 15.5 Å². The molecule has 3 aromatic rings. The van der Waals surface area contributed by atoms with Crippen LogP contribution in [-0.2, 0) is 4.79 Å². The SMILES string of the molecule is CCC(C(=O)Nc1ccc(Cl)c(Cl)c1)n1cnc2ccccc2c1=O. The summed E-state index contributed by atoms with van der Waals surface area (Å²) in [5, 5.41) is 3.99. The van der Waals surface area contributed by atoms with Gasteiger partial charge in [0.05, 0.1) is 27.3 Å². The number of carbonyl (C=O) groups excluding carboxylic acids is 1. The van der Waals surface area contributed by atoms with Crippen LogP contribution in [0.4, 0.5) is 5.69 Å². The largest absolute Gasteiger partial charge is 0.324 e. The van der Waals surface area contributed by atoms with E-state index in [0.29, 0.717) is 33.1 Å². The lowest BCUT2D eigenvalue weighted by Crippen LogP contribution is -2.33. The quantitative estimate of drug-likeness (QED) is 0.739. The smallest absolute Gasteiger partial charge is 0.261 e. The van der Waals surface area contributed by atoms with Gasteiger partial charge in [-0.3, -0.25) is 14.2 Å². The Kier molecular flexibility index (Phi) is 5.06. The number of anilines is 1. The minimum atomic E-state index is -0.681. The van der Waals surface area contributed by atoms with Gasteiger partial charge in [-0.05, 0) is 36.8 Å². The van der Waals surface area contributed by atoms with Crippen LogP contribution in [0.15, 0.2) is 53.6 Å². The zero-order valence-electron chi connectivity index (χ0n) is 13.4. The first kappa shape index (κ1) is 17.5. The van der Waals surface area contributed by atoms with E-state index in [1.807, 2.05) is 13.0 Å². The van der Waals surface area contributed by atoms with E-state index in [9.17, 15) is 9.59 Å². The van der Waals surface area contributed by atoms with Crippen LogP contribution in [0.25, 0.3) is 10.9 Å². The Hall–Kier alpha value is -2.37. The Labute approximate surface area is 154 Å². The molecule has 0 aliphatic carbocycles. The van der Waals surface area contributed by atoms with Crippen molar-refractivity contribution in [1.29, 1.82) is 0 Å². The van der Waals surface area contributed by atoms with Crippen molar-refractivity contribution in [2.24, 2.45) is 0 Å². The summed E-state index contributed by atoms with van der Waals surface area (Å²) in [4.78, 5) is 29.6. The van der Waals surface area contributed by atoms with Gasteiger partial charge in [0.2, 0.25) is 5.91 Å². The molecular weight excluding hydrogens is 361 g/mol. The molecule has 2 aromatic carbocycles. The predicted molar refractivity (Wildman–Crippen MR) is 100 cm³/mol. The fourth-order valence-electron chi connectivity index (χ4n) is 2.61. The number of amides is 1. The molecule has 1 atom stereocenters. The van der Waals surface area contributed by atoms with Gasteiger partial charge in [0.25, 0.3) is 5.56 Å². The van der Waals surface area contributed by atoms with Crippen molar-refractivity contribution >= 4 is 45.7 Å². The number of hydrogen-bond donors (Lipinski definition) is 1. The van der Waals surface area contributed by atoms with E-state index in [4.69, 9.17) is 23.2 Å². The summed E-state index contributed by atoms with van der Waals surface area (Å²) in [6.07, 6.45) is 1.85. The lowest BCUT2D eigenvalue weighted by Gasteiger charge is -2.18. The summed E-state index contributed by atoms with van der Waals surface area (Å²) in [6, 6.07) is 11.2. The lowest BCUT2D eigenvalue weighted by molar-refractivity contribution is -0.119. The maximum atomic E-state index is 12.7. The number of fused-ring (bicyclic) bond motifs is 1. The van der Waals surface area contributed by atoms with Crippen molar-refractivity contribution in [3.05, 3.63) is 69.2 Å². The summed E-state index contributed by atoms with van der Waals surface area (Å²) < 4.78 is 1.36. The van der Waals surface area contributed by atoms with Gasteiger partial charge in [0.1, 0.15) is 6.04 Å². The topological polar surface area (TPSA) is 64.0 Å². The highest BCUT2D eigenvalue weighted by Crippen LogP contribution is 2.25. The van der Waals surface area contributed by atoms with Crippen LogP contribution in [0, 0.1) is 0 Å². The summed E-state index contributed by atoms with van der Waals surface area (Å²) in [5.41, 5.74) is 0.866. The number of nitrogens with one attached hydrogen (secondary N) is 1. The minimum Gasteiger partial charge on any atom is -0.324 e. The highest BCUT2D eigenvalue weighted by molar-refractivity contribution is 6.42. The fourth-order valence-corrected chi connectivity index (χ4v) is 2.91. The zero-order valence-corrected chi connectivity index (χ0v) is 14.9. The van der Waals surface area contributed by atoms with Gasteiger partial charge in [0.15, 0.2) is 0 Å². The first-order chi connectivity index (χ1) is 12.0. The molecule has 0 saturated heterocycles. The van der Waals surface area contributed by atoms with Crippen molar-refractivity contribution in [1.82, 2.24) is 9.55 Å². The van der Waals surface area contributed by atoms with Gasteiger partial charge < -0.3 is 5.32 Å². The van der Waals surface area contributed by atoms with Crippen LogP contribution in [0.1, 0.15) is 19.4 Å². The first-order valence-corrected chi connectivity index (χ1v) is 8.48. The first-order valence-electron chi connectivity index (χ1n) is 7.73. The molecule has 1 unspecified atom stereocenters. The fraction of sp³-hybridized carbons (Fsp3) is 0.167. The second-order valence-corrected chi connectivity index (χ2v) is 6.33. The van der Waals surface area contributed by atoms with Crippen molar-refractivity contribution < 1.29 is 4.79 Å². The summed E-state index contributed by atoms with van der Waals surface area (Å²) >= 11 is 11.9. The Morgan fingerprint density at radius 1 is 1.20 bits per heavy atom. The van der Waals surface area contributed by atoms with Crippen molar-refractivity contribution in [2.75, 3.05) is 5.32 Å². The van der Waals surface area contributed by atoms with Gasteiger partial charge in [-0.15, -0.1) is 0 Å². The molecule has 0 fully saturated rings. The minimum absolute atomic E-state index is 0.248. The van der Waals surface area contributed by atoms with E-state index in [2.05, 4.69) is 10.3 Å². The highest BCUT2D eigenvalue weighted by atomic mass is 35.5. The maximum absolute atomic E-state index is 12.7. The highest BCUT2D eigenvalue weighted by Gasteiger charge is 2.21. The number of halogens is 2. The number of para-hydroxylation sites is 1. The summed E-state index contributed by atoms with van der Waals surface area (Å²) in [5.74, 6) is -0.319. The third-order valence-electron chi connectivity index (χ3n) is 3.90. The monoisotopic (exact) mass is 375 g/mol. The number of rotatable bonds is 4. The van der Waals surface area contributed by atoms with Gasteiger partial charge in [-0.2, -0.15) is 0 Å². The van der Waals surface area contributed by atoms with Gasteiger partial charge in [-0.1, -0.05) is 42.3 Å². The standard InChI is InChI=1S/C18H15Cl2N3O2/c1-2-16(17(24)22-11-7-8-13(19)14(20)9-11)23-10-21-15-6-4-3-5-12(15)18(23)25/h3-10,16H,2H2,1H3,(H,22,24). The molecule has 25 heavy (non-hydrogen) atoms. The summed E-state index contributed by atoms with van der Waals surface area (Å²) in [7, 11) is 0. The molecule has 1 amide bonds. The van der Waals surface area contributed by atoms with Crippen LogP contribution in [0.3, 0.4) is 0 Å².